The molecule has 0 aliphatic heterocycles. The molecule has 2 N–H and O–H groups in total. The Bertz CT molecular complexity index is 1130. The van der Waals surface area contributed by atoms with Crippen LogP contribution in [0, 0.1) is 20.8 Å². The van der Waals surface area contributed by atoms with Crippen molar-refractivity contribution >= 4 is 22.9 Å². The van der Waals surface area contributed by atoms with Crippen LogP contribution in [0.4, 0.5) is 5.69 Å². The van der Waals surface area contributed by atoms with E-state index in [4.69, 9.17) is 0 Å². The number of carbonyl (C=O) groups is 1. The van der Waals surface area contributed by atoms with E-state index >= 15 is 0 Å². The molecule has 0 aliphatic rings. The molecule has 7 nitrogen and oxygen atoms in total. The van der Waals surface area contributed by atoms with Crippen LogP contribution >= 0.6 is 11.3 Å². The van der Waals surface area contributed by atoms with Crippen LogP contribution in [0.2, 0.25) is 0 Å². The van der Waals surface area contributed by atoms with Crippen molar-refractivity contribution in [3.05, 3.63) is 64.0 Å². The van der Waals surface area contributed by atoms with E-state index in [1.54, 1.807) is 0 Å². The molecule has 28 heavy (non-hydrogen) atoms. The molecular weight excluding hydrogens is 372 g/mol. The van der Waals surface area contributed by atoms with Crippen molar-refractivity contribution in [2.24, 2.45) is 0 Å². The number of H-pyrrole nitrogens is 1. The molecular formula is C20H20N6OS. The third kappa shape index (κ3) is 3.46. The third-order valence-electron chi connectivity index (χ3n) is 4.60. The van der Waals surface area contributed by atoms with Gasteiger partial charge >= 0.3 is 0 Å². The molecule has 0 unspecified atom stereocenters. The van der Waals surface area contributed by atoms with Crippen molar-refractivity contribution in [1.82, 2.24) is 24.7 Å². The lowest BCUT2D eigenvalue weighted by molar-refractivity contribution is -0.115. The van der Waals surface area contributed by atoms with E-state index in [2.05, 4.69) is 31.5 Å². The average molecular weight is 392 g/mol. The van der Waals surface area contributed by atoms with Gasteiger partial charge in [0.05, 0.1) is 12.1 Å². The fraction of sp³-hybridized carbons (Fsp3) is 0.200. The fourth-order valence-corrected chi connectivity index (χ4v) is 4.01. The highest BCUT2D eigenvalue weighted by atomic mass is 32.1. The number of anilines is 1. The highest BCUT2D eigenvalue weighted by Crippen LogP contribution is 2.29. The molecule has 0 saturated carbocycles. The van der Waals surface area contributed by atoms with Gasteiger partial charge in [0.1, 0.15) is 11.3 Å². The first-order valence-electron chi connectivity index (χ1n) is 8.88. The number of aromatic nitrogens is 5. The first-order valence-corrected chi connectivity index (χ1v) is 9.76. The number of para-hydroxylation sites is 1. The van der Waals surface area contributed by atoms with Gasteiger partial charge in [-0.3, -0.25) is 9.36 Å². The van der Waals surface area contributed by atoms with Gasteiger partial charge in [0, 0.05) is 28.0 Å². The number of thiazole rings is 1. The lowest BCUT2D eigenvalue weighted by Crippen LogP contribution is -2.14. The predicted molar refractivity (Wildman–Crippen MR) is 110 cm³/mol. The van der Waals surface area contributed by atoms with Crippen LogP contribution in [0.15, 0.2) is 42.0 Å². The number of amides is 1. The van der Waals surface area contributed by atoms with Crippen LogP contribution in [0.1, 0.15) is 22.0 Å². The number of hydrogen-bond acceptors (Lipinski definition) is 5. The Morgan fingerprint density at radius 3 is 2.82 bits per heavy atom. The molecule has 3 heterocycles. The summed E-state index contributed by atoms with van der Waals surface area (Å²) in [5.74, 6) is 0.608. The van der Waals surface area contributed by atoms with E-state index in [0.717, 1.165) is 38.9 Å². The van der Waals surface area contributed by atoms with Gasteiger partial charge in [-0.25, -0.2) is 10.1 Å². The lowest BCUT2D eigenvalue weighted by Gasteiger charge is -2.06. The van der Waals surface area contributed by atoms with E-state index in [1.165, 1.54) is 17.7 Å². The monoisotopic (exact) mass is 392 g/mol. The molecule has 0 bridgehead atoms. The average Bonchev–Trinajstić information content (AvgIpc) is 3.38. The van der Waals surface area contributed by atoms with Crippen molar-refractivity contribution in [3.63, 3.8) is 0 Å². The van der Waals surface area contributed by atoms with Crippen molar-refractivity contribution in [2.45, 2.75) is 27.2 Å². The molecule has 0 fully saturated rings. The maximum Gasteiger partial charge on any atom is 0.231 e. The lowest BCUT2D eigenvalue weighted by atomic mass is 10.2. The number of benzene rings is 1. The minimum atomic E-state index is -0.0673. The minimum Gasteiger partial charge on any atom is -0.325 e. The summed E-state index contributed by atoms with van der Waals surface area (Å²) in [6.45, 7) is 6.01. The van der Waals surface area contributed by atoms with Gasteiger partial charge in [0.25, 0.3) is 0 Å². The summed E-state index contributed by atoms with van der Waals surface area (Å²) in [7, 11) is 0. The highest BCUT2D eigenvalue weighted by Gasteiger charge is 2.17. The standard InChI is InChI=1S/C20H20N6OS/c1-12-6-4-5-7-16(12)23-18(27)9-19-24-17(10-28-19)15-8-13(2)26(14(15)3)20-21-11-22-25-20/h4-8,10-11H,9H2,1-3H3,(H,23,27)(H,21,22,25). The molecule has 8 heteroatoms. The van der Waals surface area contributed by atoms with Crippen LogP contribution < -0.4 is 5.32 Å². The Balaban J connectivity index is 1.53. The molecule has 0 aliphatic carbocycles. The number of rotatable bonds is 5. The van der Waals surface area contributed by atoms with Crippen molar-refractivity contribution in [3.8, 4) is 17.2 Å². The second-order valence-corrected chi connectivity index (χ2v) is 7.54. The number of nitrogens with zero attached hydrogens (tertiary/aromatic N) is 4. The summed E-state index contributed by atoms with van der Waals surface area (Å²) < 4.78 is 2.01. The van der Waals surface area contributed by atoms with Crippen LogP contribution in [0.5, 0.6) is 0 Å². The minimum absolute atomic E-state index is 0.0673. The zero-order chi connectivity index (χ0) is 19.7. The molecule has 0 atom stereocenters. The summed E-state index contributed by atoms with van der Waals surface area (Å²) in [6.07, 6.45) is 1.74. The first kappa shape index (κ1) is 18.1. The molecule has 0 saturated heterocycles. The Morgan fingerprint density at radius 1 is 1.25 bits per heavy atom. The summed E-state index contributed by atoms with van der Waals surface area (Å²) in [4.78, 5) is 21.3. The Labute approximate surface area is 166 Å². The molecule has 4 aromatic rings. The molecule has 1 amide bonds. The zero-order valence-electron chi connectivity index (χ0n) is 15.9. The summed E-state index contributed by atoms with van der Waals surface area (Å²) >= 11 is 1.49. The van der Waals surface area contributed by atoms with Crippen LogP contribution in [-0.2, 0) is 11.2 Å². The third-order valence-corrected chi connectivity index (χ3v) is 5.45. The van der Waals surface area contributed by atoms with Gasteiger partial charge in [-0.2, -0.15) is 10.1 Å². The van der Waals surface area contributed by atoms with Crippen LogP contribution in [0.3, 0.4) is 0 Å². The fourth-order valence-electron chi connectivity index (χ4n) is 3.22. The van der Waals surface area contributed by atoms with Crippen molar-refractivity contribution in [1.29, 1.82) is 0 Å². The molecule has 0 radical (unpaired) electrons. The Kier molecular flexibility index (Phi) is 4.79. The van der Waals surface area contributed by atoms with Gasteiger partial charge in [-0.15, -0.1) is 11.3 Å². The maximum absolute atomic E-state index is 12.4. The maximum atomic E-state index is 12.4. The second-order valence-electron chi connectivity index (χ2n) is 6.60. The van der Waals surface area contributed by atoms with Crippen molar-refractivity contribution < 1.29 is 4.79 Å². The van der Waals surface area contributed by atoms with Gasteiger partial charge in [0.15, 0.2) is 0 Å². The molecule has 0 spiro atoms. The normalized spacial score (nSPS) is 11.0. The molecule has 142 valence electrons. The molecule has 4 rings (SSSR count). The summed E-state index contributed by atoms with van der Waals surface area (Å²) in [6, 6.07) is 9.81. The second kappa shape index (κ2) is 7.40. The zero-order valence-corrected chi connectivity index (χ0v) is 16.7. The van der Waals surface area contributed by atoms with E-state index in [1.807, 2.05) is 55.0 Å². The number of nitrogens with one attached hydrogen (secondary N) is 2. The van der Waals surface area contributed by atoms with E-state index in [-0.39, 0.29) is 12.3 Å². The summed E-state index contributed by atoms with van der Waals surface area (Å²) in [5.41, 5.74) is 5.82. The number of hydrogen-bond donors (Lipinski definition) is 2. The topological polar surface area (TPSA) is 88.5 Å². The largest absolute Gasteiger partial charge is 0.325 e. The van der Waals surface area contributed by atoms with Gasteiger partial charge in [0.2, 0.25) is 11.9 Å². The van der Waals surface area contributed by atoms with Gasteiger partial charge in [-0.1, -0.05) is 18.2 Å². The Hall–Kier alpha value is -3.26. The van der Waals surface area contributed by atoms with Crippen LogP contribution in [-0.4, -0.2) is 30.6 Å². The van der Waals surface area contributed by atoms with Crippen LogP contribution in [0.25, 0.3) is 17.2 Å². The van der Waals surface area contributed by atoms with Crippen molar-refractivity contribution in [2.75, 3.05) is 5.32 Å². The Morgan fingerprint density at radius 2 is 2.07 bits per heavy atom. The SMILES string of the molecule is Cc1ccccc1NC(=O)Cc1nc(-c2cc(C)n(-c3ncn[nH]3)c2C)cs1. The number of aromatic amines is 1. The predicted octanol–water partition coefficient (Wildman–Crippen LogP) is 3.83. The molecule has 1 aromatic carbocycles. The van der Waals surface area contributed by atoms with Gasteiger partial charge < -0.3 is 5.32 Å². The smallest absolute Gasteiger partial charge is 0.231 e. The van der Waals surface area contributed by atoms with E-state index in [9.17, 15) is 4.79 Å². The molecule has 3 aromatic heterocycles. The number of carbonyl (C=O) groups excluding carboxylic acids is 1. The summed E-state index contributed by atoms with van der Waals surface area (Å²) in [5, 5.41) is 12.5. The number of aryl methyl sites for hydroxylation is 2. The van der Waals surface area contributed by atoms with Gasteiger partial charge in [-0.05, 0) is 38.5 Å². The first-order chi connectivity index (χ1) is 13.5. The van der Waals surface area contributed by atoms with E-state index < -0.39 is 0 Å². The quantitative estimate of drug-likeness (QED) is 0.540. The highest BCUT2D eigenvalue weighted by molar-refractivity contribution is 7.10. The van der Waals surface area contributed by atoms with E-state index in [0.29, 0.717) is 5.95 Å².